The number of aliphatic hydroxyl groups is 4. The van der Waals surface area contributed by atoms with Gasteiger partial charge in [-0.05, 0) is 18.6 Å². The third-order valence-corrected chi connectivity index (χ3v) is 9.15. The van der Waals surface area contributed by atoms with Crippen LogP contribution in [0.25, 0.3) is 0 Å². The Morgan fingerprint density at radius 3 is 2.22 bits per heavy atom. The summed E-state index contributed by atoms with van der Waals surface area (Å²) in [6, 6.07) is 3.52. The molecule has 0 bridgehead atoms. The van der Waals surface area contributed by atoms with E-state index in [0.717, 1.165) is 26.8 Å². The topological polar surface area (TPSA) is 279 Å². The number of aromatic hydroxyl groups is 1. The quantitative estimate of drug-likeness (QED) is 0.0953. The van der Waals surface area contributed by atoms with Crippen molar-refractivity contribution in [2.24, 2.45) is 11.8 Å². The Labute approximate surface area is 313 Å². The molecule has 5 rings (SSSR count). The highest BCUT2D eigenvalue weighted by Crippen LogP contribution is 2.40. The molecule has 1 aromatic rings. The van der Waals surface area contributed by atoms with Crippen LogP contribution in [-0.4, -0.2) is 143 Å². The molecule has 20 nitrogen and oxygen atoms in total. The summed E-state index contributed by atoms with van der Waals surface area (Å²) in [6.07, 6.45) is -14.8. The number of carbonyl (C=O) groups excluding carboxylic acids is 5. The molecule has 5 N–H and O–H groups in total. The van der Waals surface area contributed by atoms with Gasteiger partial charge >= 0.3 is 29.8 Å². The van der Waals surface area contributed by atoms with Gasteiger partial charge in [0.25, 0.3) is 0 Å². The standard InChI is InChI=1S/C35H42O20/c1-5-17-18-9-10-46-31(44)20(18)12-48-33(17)55-35-30(50-16(4)39)29(49-15(3)38)28(23(53-35)13-47-14(2)37)54-32(45)19-7-6-8-21(24(19)40)51-34-27(43)26(42)25(41)22(11-36)52-34/h5-8,12,17-18,22-23,25-30,33-36,40-43H,1,9-11,13H2,2-4H3/t17-,18+,22-,23-,25+,26+,27-,28?,29+,30-,33+,34-,35+/m1/s1. The van der Waals surface area contributed by atoms with Crippen molar-refractivity contribution >= 4 is 29.8 Å². The number of phenols is 1. The highest BCUT2D eigenvalue weighted by atomic mass is 16.8. The number of para-hydroxylation sites is 1. The normalized spacial score (nSPS) is 34.3. The molecule has 3 saturated heterocycles. The predicted molar refractivity (Wildman–Crippen MR) is 175 cm³/mol. The number of rotatable bonds is 12. The minimum absolute atomic E-state index is 0.123. The lowest BCUT2D eigenvalue weighted by atomic mass is 9.81. The van der Waals surface area contributed by atoms with Gasteiger partial charge < -0.3 is 72.9 Å². The molecule has 0 spiro atoms. The largest absolute Gasteiger partial charge is 0.504 e. The van der Waals surface area contributed by atoms with E-state index in [1.54, 1.807) is 0 Å². The molecule has 1 aromatic carbocycles. The molecule has 0 aliphatic carbocycles. The molecule has 4 aliphatic heterocycles. The number of carbonyl (C=O) groups is 5. The lowest BCUT2D eigenvalue weighted by Gasteiger charge is -2.46. The molecule has 4 aliphatic rings. The Balaban J connectivity index is 1.45. The predicted octanol–water partition coefficient (Wildman–Crippen LogP) is -1.13. The van der Waals surface area contributed by atoms with Gasteiger partial charge in [0.2, 0.25) is 18.9 Å². The van der Waals surface area contributed by atoms with Crippen molar-refractivity contribution in [3.8, 4) is 11.5 Å². The molecule has 0 radical (unpaired) electrons. The van der Waals surface area contributed by atoms with Crippen molar-refractivity contribution in [3.05, 3.63) is 48.3 Å². The molecular formula is C35H42O20. The van der Waals surface area contributed by atoms with Crippen LogP contribution >= 0.6 is 0 Å². The number of benzene rings is 1. The van der Waals surface area contributed by atoms with Gasteiger partial charge in [-0.15, -0.1) is 6.58 Å². The average Bonchev–Trinajstić information content (AvgIpc) is 3.13. The summed E-state index contributed by atoms with van der Waals surface area (Å²) in [4.78, 5) is 63.0. The van der Waals surface area contributed by atoms with Crippen LogP contribution < -0.4 is 4.74 Å². The molecule has 0 aromatic heterocycles. The molecule has 0 amide bonds. The van der Waals surface area contributed by atoms with Gasteiger partial charge in [-0.3, -0.25) is 14.4 Å². The molecule has 3 fully saturated rings. The first-order chi connectivity index (χ1) is 26.1. The lowest BCUT2D eigenvalue weighted by Crippen LogP contribution is -2.63. The Kier molecular flexibility index (Phi) is 13.3. The van der Waals surface area contributed by atoms with Crippen LogP contribution in [0.3, 0.4) is 0 Å². The van der Waals surface area contributed by atoms with Crippen LogP contribution in [0.15, 0.2) is 42.7 Å². The number of hydrogen-bond acceptors (Lipinski definition) is 20. The van der Waals surface area contributed by atoms with Crippen molar-refractivity contribution < 1.29 is 96.9 Å². The second-order valence-corrected chi connectivity index (χ2v) is 12.9. The lowest BCUT2D eigenvalue weighted by molar-refractivity contribution is -0.341. The molecule has 4 heterocycles. The highest BCUT2D eigenvalue weighted by Gasteiger charge is 2.55. The summed E-state index contributed by atoms with van der Waals surface area (Å²) in [5.41, 5.74) is -0.309. The van der Waals surface area contributed by atoms with Crippen molar-refractivity contribution in [2.75, 3.05) is 19.8 Å². The van der Waals surface area contributed by atoms with Crippen molar-refractivity contribution in [1.29, 1.82) is 0 Å². The van der Waals surface area contributed by atoms with Gasteiger partial charge in [-0.1, -0.05) is 12.1 Å². The number of cyclic esters (lactones) is 1. The molecule has 302 valence electrons. The second kappa shape index (κ2) is 17.8. The first kappa shape index (κ1) is 41.3. The van der Waals surface area contributed by atoms with E-state index in [4.69, 9.17) is 47.4 Å². The summed E-state index contributed by atoms with van der Waals surface area (Å²) in [5, 5.41) is 51.2. The maximum Gasteiger partial charge on any atom is 0.342 e. The molecule has 0 saturated carbocycles. The Morgan fingerprint density at radius 1 is 0.873 bits per heavy atom. The van der Waals surface area contributed by atoms with E-state index in [1.165, 1.54) is 24.5 Å². The number of phenolic OH excluding ortho intramolecular Hbond substituents is 1. The fourth-order valence-electron chi connectivity index (χ4n) is 6.52. The summed E-state index contributed by atoms with van der Waals surface area (Å²) in [7, 11) is 0. The van der Waals surface area contributed by atoms with Gasteiger partial charge in [0, 0.05) is 32.6 Å². The van der Waals surface area contributed by atoms with E-state index in [2.05, 4.69) is 6.58 Å². The first-order valence-corrected chi connectivity index (χ1v) is 17.1. The average molecular weight is 783 g/mol. The van der Waals surface area contributed by atoms with Crippen molar-refractivity contribution in [2.45, 2.75) is 94.9 Å². The minimum Gasteiger partial charge on any atom is -0.504 e. The summed E-state index contributed by atoms with van der Waals surface area (Å²) in [6.45, 7) is 5.72. The third-order valence-electron chi connectivity index (χ3n) is 9.15. The van der Waals surface area contributed by atoms with E-state index in [-0.39, 0.29) is 12.2 Å². The molecule has 55 heavy (non-hydrogen) atoms. The Hall–Kier alpha value is -4.83. The van der Waals surface area contributed by atoms with Crippen LogP contribution in [0.1, 0.15) is 37.6 Å². The van der Waals surface area contributed by atoms with E-state index in [9.17, 15) is 49.5 Å². The SMILES string of the molecule is C=C[C@H]1[C@H](O[C@@H]2O[C@H](COC(C)=O)C(OC(=O)c3cccc(O[C@@H]4O[C@H](CO)[C@H](O)[C@H](O)[C@H]4O)c3O)[C@H](OC(C)=O)[C@H]2OC(C)=O)OC=C2C(=O)OCC[C@H]21. The Bertz CT molecular complexity index is 1640. The van der Waals surface area contributed by atoms with Crippen LogP contribution in [0, 0.1) is 11.8 Å². The summed E-state index contributed by atoms with van der Waals surface area (Å²) < 4.78 is 55.9. The maximum atomic E-state index is 13.8. The summed E-state index contributed by atoms with van der Waals surface area (Å²) in [5.74, 6) is -6.90. The zero-order valence-corrected chi connectivity index (χ0v) is 29.8. The monoisotopic (exact) mass is 782 g/mol. The maximum absolute atomic E-state index is 13.8. The van der Waals surface area contributed by atoms with Crippen molar-refractivity contribution in [3.63, 3.8) is 0 Å². The second-order valence-electron chi connectivity index (χ2n) is 12.9. The van der Waals surface area contributed by atoms with Crippen LogP contribution in [0.5, 0.6) is 11.5 Å². The van der Waals surface area contributed by atoms with Crippen LogP contribution in [0.2, 0.25) is 0 Å². The van der Waals surface area contributed by atoms with Crippen LogP contribution in [0.4, 0.5) is 0 Å². The number of esters is 5. The third kappa shape index (κ3) is 9.18. The van der Waals surface area contributed by atoms with E-state index >= 15 is 0 Å². The zero-order valence-electron chi connectivity index (χ0n) is 29.8. The highest BCUT2D eigenvalue weighted by molar-refractivity contribution is 5.93. The summed E-state index contributed by atoms with van der Waals surface area (Å²) >= 11 is 0. The van der Waals surface area contributed by atoms with E-state index < -0.39 is 140 Å². The van der Waals surface area contributed by atoms with Crippen molar-refractivity contribution in [1.82, 2.24) is 0 Å². The molecule has 20 heteroatoms. The van der Waals surface area contributed by atoms with Gasteiger partial charge in [-0.2, -0.15) is 0 Å². The number of ether oxygens (including phenoxy) is 10. The number of fused-ring (bicyclic) bond motifs is 1. The number of aliphatic hydroxyl groups excluding tert-OH is 4. The molecule has 1 unspecified atom stereocenters. The fraction of sp³-hybridized carbons (Fsp3) is 0.571. The smallest absolute Gasteiger partial charge is 0.342 e. The molecular weight excluding hydrogens is 740 g/mol. The minimum atomic E-state index is -1.86. The van der Waals surface area contributed by atoms with Crippen LogP contribution in [-0.2, 0) is 61.8 Å². The van der Waals surface area contributed by atoms with E-state index in [1.807, 2.05) is 0 Å². The molecule has 13 atom stereocenters. The van der Waals surface area contributed by atoms with Gasteiger partial charge in [-0.25, -0.2) is 9.59 Å². The van der Waals surface area contributed by atoms with Gasteiger partial charge in [0.15, 0.2) is 29.8 Å². The van der Waals surface area contributed by atoms with E-state index in [0.29, 0.717) is 6.42 Å². The Morgan fingerprint density at radius 2 is 1.56 bits per heavy atom. The number of hydrogen-bond donors (Lipinski definition) is 5. The zero-order chi connectivity index (χ0) is 40.1. The first-order valence-electron chi connectivity index (χ1n) is 17.1. The fourth-order valence-corrected chi connectivity index (χ4v) is 6.52. The van der Waals surface area contributed by atoms with Gasteiger partial charge in [0.05, 0.1) is 25.0 Å². The van der Waals surface area contributed by atoms with Gasteiger partial charge in [0.1, 0.15) is 42.7 Å².